The minimum atomic E-state index is 0. The van der Waals surface area contributed by atoms with Crippen LogP contribution in [0.1, 0.15) is 93.9 Å². The van der Waals surface area contributed by atoms with Crippen molar-refractivity contribution < 1.29 is 9.47 Å². The number of nitrogens with zero attached hydrogens (tertiary/aromatic N) is 10. The average Bonchev–Trinajstić information content (AvgIpc) is 3.79. The summed E-state index contributed by atoms with van der Waals surface area (Å²) in [7, 11) is 21.7. The molecule has 0 spiro atoms. The number of morpholine rings is 2. The molecule has 0 aliphatic carbocycles. The summed E-state index contributed by atoms with van der Waals surface area (Å²) in [5.41, 5.74) is 0.576. The van der Waals surface area contributed by atoms with Crippen LogP contribution in [0.15, 0.2) is 0 Å². The van der Waals surface area contributed by atoms with E-state index in [4.69, 9.17) is 9.47 Å². The minimum Gasteiger partial charge on any atom is -0.379 e. The van der Waals surface area contributed by atoms with Crippen LogP contribution >= 0.6 is 11.8 Å². The zero-order chi connectivity index (χ0) is 51.5. The van der Waals surface area contributed by atoms with E-state index in [9.17, 15) is 0 Å². The molecule has 70 heavy (non-hydrogen) atoms. The Labute approximate surface area is 441 Å². The summed E-state index contributed by atoms with van der Waals surface area (Å²) in [6.45, 7) is 42.0. The lowest BCUT2D eigenvalue weighted by Gasteiger charge is -2.35. The third-order valence-electron chi connectivity index (χ3n) is 14.2. The fourth-order valence-corrected chi connectivity index (χ4v) is 10.4. The van der Waals surface area contributed by atoms with Crippen molar-refractivity contribution in [2.75, 3.05) is 239 Å². The molecule has 9 saturated heterocycles. The van der Waals surface area contributed by atoms with Gasteiger partial charge in [0.2, 0.25) is 0 Å². The number of ether oxygens (including phenoxy) is 2. The standard InChI is InChI=1S/C8H17N.C7H16N2.C7H15NO.C6H14N2.C6H13N.C5H12N2.C5H11NO.C5H11NS.C5H11N.CH4/c1-8(2)5-4-6-9(3)7-8;1-6-5-9(3)7(2)4-8-6;1-6-4-8(3)5-7(2)9-6;1-7-3-5-8(2)6-4-7;1-7-5-3-2-4-6-7;1-7-4-2-6-3-5-7;2*1-6-2-4-7-5-3-6;1-6-4-2-3-5-6;/h4-7H2,1-3H3;6-8H,4-5H2,1-3H3;6-7H,4-5H2,1-3H3;3-6H2,1-2H3;2-6H2,1H3;6H,2-5H2,1H3;2*2-5H2,1H3;2-5H2,1H3;1H4. The Morgan fingerprint density at radius 1 is 0.457 bits per heavy atom. The van der Waals surface area contributed by atoms with Crippen molar-refractivity contribution in [1.29, 1.82) is 0 Å². The van der Waals surface area contributed by atoms with Gasteiger partial charge in [-0.05, 0) is 175 Å². The normalized spacial score (nSPS) is 29.0. The van der Waals surface area contributed by atoms with E-state index in [0.717, 1.165) is 59.0 Å². The van der Waals surface area contributed by atoms with Gasteiger partial charge < -0.3 is 69.1 Å². The second kappa shape index (κ2) is 43.0. The number of thioether (sulfide) groups is 1. The molecule has 4 atom stereocenters. The maximum atomic E-state index is 5.51. The first-order valence-electron chi connectivity index (χ1n) is 27.9. The van der Waals surface area contributed by atoms with Gasteiger partial charge in [0.05, 0.1) is 25.4 Å². The molecule has 0 aromatic rings. The Balaban J connectivity index is 0.000000766. The van der Waals surface area contributed by atoms with E-state index in [-0.39, 0.29) is 7.43 Å². The SMILES string of the molecule is C.CC1CN(C)C(C)CN1.CC1CN(C)CC(C)O1.CN1CCCC(C)(C)C1.CN1CCCC1.CN1CCCCC1.CN1CCN(C)CC1.CN1CCNCC1.CN1CCOCC1.CN1CCSCC1. The smallest absolute Gasteiger partial charge is 0.0678 e. The van der Waals surface area contributed by atoms with Crippen LogP contribution in [0.3, 0.4) is 0 Å². The summed E-state index contributed by atoms with van der Waals surface area (Å²) in [6, 6.07) is 1.38. The average molecular weight is 1020 g/mol. The quantitative estimate of drug-likeness (QED) is 0.334. The Morgan fingerprint density at radius 3 is 1.16 bits per heavy atom. The lowest BCUT2D eigenvalue weighted by molar-refractivity contribution is -0.0602. The number of likely N-dealkylation sites (N-methyl/N-ethyl adjacent to an activating group) is 6. The predicted octanol–water partition coefficient (Wildman–Crippen LogP) is 5.21. The zero-order valence-electron chi connectivity index (χ0n) is 48.8. The van der Waals surface area contributed by atoms with Gasteiger partial charge in [-0.2, -0.15) is 11.8 Å². The van der Waals surface area contributed by atoms with Crippen LogP contribution < -0.4 is 10.6 Å². The molecule has 9 aliphatic rings. The van der Waals surface area contributed by atoms with Gasteiger partial charge in [-0.1, -0.05) is 27.7 Å². The summed E-state index contributed by atoms with van der Waals surface area (Å²) in [6.07, 6.45) is 10.7. The molecule has 0 aromatic heterocycles. The maximum Gasteiger partial charge on any atom is 0.0678 e. The van der Waals surface area contributed by atoms with Crippen molar-refractivity contribution in [3.8, 4) is 0 Å². The van der Waals surface area contributed by atoms with Gasteiger partial charge in [-0.3, -0.25) is 0 Å². The number of hydrogen-bond acceptors (Lipinski definition) is 15. The molecule has 14 nitrogen and oxygen atoms in total. The van der Waals surface area contributed by atoms with E-state index in [0.29, 0.717) is 29.7 Å². The number of likely N-dealkylation sites (tertiary alicyclic amines) is 3. The molecule has 0 bridgehead atoms. The van der Waals surface area contributed by atoms with Crippen molar-refractivity contribution in [3.05, 3.63) is 0 Å². The Kier molecular flexibility index (Phi) is 42.8. The molecule has 4 unspecified atom stereocenters. The third kappa shape index (κ3) is 41.1. The third-order valence-corrected chi connectivity index (χ3v) is 15.2. The van der Waals surface area contributed by atoms with Crippen molar-refractivity contribution >= 4 is 11.8 Å². The predicted molar refractivity (Wildman–Crippen MR) is 311 cm³/mol. The minimum absolute atomic E-state index is 0. The highest BCUT2D eigenvalue weighted by Gasteiger charge is 2.24. The summed E-state index contributed by atoms with van der Waals surface area (Å²) in [4.78, 5) is 23.6. The number of nitrogens with one attached hydrogen (secondary N) is 2. The van der Waals surface area contributed by atoms with Gasteiger partial charge in [-0.15, -0.1) is 0 Å². The molecule has 9 aliphatic heterocycles. The lowest BCUT2D eigenvalue weighted by Crippen LogP contribution is -2.52. The topological polar surface area (TPSA) is 74.9 Å². The van der Waals surface area contributed by atoms with Crippen molar-refractivity contribution in [3.63, 3.8) is 0 Å². The molecule has 9 rings (SSSR count). The van der Waals surface area contributed by atoms with Crippen LogP contribution in [0.4, 0.5) is 0 Å². The summed E-state index contributed by atoms with van der Waals surface area (Å²) < 4.78 is 10.6. The van der Waals surface area contributed by atoms with Gasteiger partial charge in [0.25, 0.3) is 0 Å². The van der Waals surface area contributed by atoms with E-state index in [2.05, 4.69) is 183 Å². The Hall–Kier alpha value is -0.210. The molecule has 0 aromatic carbocycles. The number of hydrogen-bond donors (Lipinski definition) is 2. The molecule has 0 amide bonds. The van der Waals surface area contributed by atoms with Crippen molar-refractivity contribution in [2.45, 2.75) is 118 Å². The monoisotopic (exact) mass is 1020 g/mol. The Morgan fingerprint density at radius 2 is 0.871 bits per heavy atom. The molecular formula is C55H124N12O2S. The van der Waals surface area contributed by atoms with Crippen LogP contribution in [0.2, 0.25) is 0 Å². The number of piperidine rings is 2. The zero-order valence-corrected chi connectivity index (χ0v) is 49.7. The highest BCUT2D eigenvalue weighted by Crippen LogP contribution is 2.27. The number of rotatable bonds is 0. The lowest BCUT2D eigenvalue weighted by atomic mass is 9.84. The van der Waals surface area contributed by atoms with Gasteiger partial charge in [-0.25, -0.2) is 0 Å². The molecule has 2 N–H and O–H groups in total. The van der Waals surface area contributed by atoms with E-state index in [1.165, 1.54) is 155 Å². The largest absolute Gasteiger partial charge is 0.379 e. The summed E-state index contributed by atoms with van der Waals surface area (Å²) in [5.74, 6) is 2.66. The highest BCUT2D eigenvalue weighted by atomic mass is 32.2. The first-order valence-corrected chi connectivity index (χ1v) is 29.0. The summed E-state index contributed by atoms with van der Waals surface area (Å²) in [5, 5.41) is 6.69. The number of piperazine rings is 3. The molecule has 0 radical (unpaired) electrons. The first kappa shape index (κ1) is 69.8. The van der Waals surface area contributed by atoms with Gasteiger partial charge in [0.15, 0.2) is 0 Å². The van der Waals surface area contributed by atoms with Gasteiger partial charge in [0.1, 0.15) is 0 Å². The van der Waals surface area contributed by atoms with E-state index in [1.54, 1.807) is 0 Å². The molecular weight excluding hydrogens is 893 g/mol. The first-order chi connectivity index (χ1) is 32.7. The molecule has 9 fully saturated rings. The van der Waals surface area contributed by atoms with Crippen LogP contribution in [-0.4, -0.2) is 312 Å². The Bertz CT molecular complexity index is 1030. The van der Waals surface area contributed by atoms with Gasteiger partial charge >= 0.3 is 0 Å². The van der Waals surface area contributed by atoms with E-state index >= 15 is 0 Å². The van der Waals surface area contributed by atoms with Crippen LogP contribution in [0.5, 0.6) is 0 Å². The van der Waals surface area contributed by atoms with Crippen molar-refractivity contribution in [2.24, 2.45) is 5.41 Å². The molecule has 15 heteroatoms. The van der Waals surface area contributed by atoms with Gasteiger partial charge in [0, 0.05) is 135 Å². The van der Waals surface area contributed by atoms with Crippen LogP contribution in [-0.2, 0) is 9.47 Å². The molecule has 422 valence electrons. The fraction of sp³-hybridized carbons (Fsp3) is 1.00. The molecule has 0 saturated carbocycles. The van der Waals surface area contributed by atoms with Crippen molar-refractivity contribution in [1.82, 2.24) is 59.6 Å². The van der Waals surface area contributed by atoms with E-state index in [1.807, 2.05) is 0 Å². The van der Waals surface area contributed by atoms with E-state index < -0.39 is 0 Å². The fourth-order valence-electron chi connectivity index (χ4n) is 9.28. The second-order valence-corrected chi connectivity index (χ2v) is 24.2. The highest BCUT2D eigenvalue weighted by molar-refractivity contribution is 7.99. The maximum absolute atomic E-state index is 5.51. The molecule has 9 heterocycles. The second-order valence-electron chi connectivity index (χ2n) is 22.9. The summed E-state index contributed by atoms with van der Waals surface area (Å²) >= 11 is 2.06. The van der Waals surface area contributed by atoms with Crippen LogP contribution in [0, 0.1) is 5.41 Å². The van der Waals surface area contributed by atoms with Crippen LogP contribution in [0.25, 0.3) is 0 Å².